The molecule has 0 unspecified atom stereocenters. The molecule has 0 aliphatic rings. The lowest BCUT2D eigenvalue weighted by Gasteiger charge is -2.10. The molecule has 0 aliphatic heterocycles. The van der Waals surface area contributed by atoms with Crippen molar-refractivity contribution in [2.45, 2.75) is 33.7 Å². The Morgan fingerprint density at radius 3 is 2.62 bits per heavy atom. The minimum absolute atomic E-state index is 0.0562. The molecule has 0 saturated heterocycles. The van der Waals surface area contributed by atoms with E-state index in [1.54, 1.807) is 4.57 Å². The van der Waals surface area contributed by atoms with Crippen LogP contribution >= 0.6 is 0 Å². The molecule has 3 heteroatoms. The third-order valence-corrected chi connectivity index (χ3v) is 2.20. The Kier molecular flexibility index (Phi) is 2.76. The van der Waals surface area contributed by atoms with Gasteiger partial charge in [-0.1, -0.05) is 6.92 Å². The van der Waals surface area contributed by atoms with Crippen molar-refractivity contribution in [2.24, 2.45) is 0 Å². The molecule has 0 bridgehead atoms. The summed E-state index contributed by atoms with van der Waals surface area (Å²) in [5.74, 6) is 0. The summed E-state index contributed by atoms with van der Waals surface area (Å²) in [6, 6.07) is 1.95. The Bertz CT molecular complexity index is 366. The minimum Gasteiger partial charge on any atom is -0.394 e. The summed E-state index contributed by atoms with van der Waals surface area (Å²) >= 11 is 0. The SMILES string of the molecule is CCCn1c(C)cc(C)c(N)c1=O. The second-order valence-corrected chi connectivity index (χ2v) is 3.34. The quantitative estimate of drug-likeness (QED) is 0.749. The lowest BCUT2D eigenvalue weighted by molar-refractivity contribution is 0.636. The maximum Gasteiger partial charge on any atom is 0.274 e. The van der Waals surface area contributed by atoms with E-state index in [9.17, 15) is 4.79 Å². The van der Waals surface area contributed by atoms with Crippen LogP contribution in [0.3, 0.4) is 0 Å². The van der Waals surface area contributed by atoms with Crippen LogP contribution in [0.15, 0.2) is 10.9 Å². The number of aromatic nitrogens is 1. The Labute approximate surface area is 78.2 Å². The number of aryl methyl sites for hydroxylation is 2. The fourth-order valence-electron chi connectivity index (χ4n) is 1.44. The van der Waals surface area contributed by atoms with Gasteiger partial charge in [0.2, 0.25) is 0 Å². The van der Waals surface area contributed by atoms with E-state index < -0.39 is 0 Å². The third kappa shape index (κ3) is 1.74. The zero-order valence-electron chi connectivity index (χ0n) is 8.42. The van der Waals surface area contributed by atoms with E-state index in [1.165, 1.54) is 0 Å². The molecule has 0 spiro atoms. The van der Waals surface area contributed by atoms with Gasteiger partial charge in [-0.2, -0.15) is 0 Å². The Hall–Kier alpha value is -1.25. The first-order valence-corrected chi connectivity index (χ1v) is 4.54. The molecule has 0 amide bonds. The first kappa shape index (κ1) is 9.84. The van der Waals surface area contributed by atoms with E-state index in [0.29, 0.717) is 5.69 Å². The minimum atomic E-state index is -0.0562. The van der Waals surface area contributed by atoms with Crippen LogP contribution in [-0.2, 0) is 6.54 Å². The topological polar surface area (TPSA) is 48.0 Å². The molecule has 3 nitrogen and oxygen atoms in total. The summed E-state index contributed by atoms with van der Waals surface area (Å²) in [5.41, 5.74) is 7.82. The number of rotatable bonds is 2. The highest BCUT2D eigenvalue weighted by Crippen LogP contribution is 2.07. The van der Waals surface area contributed by atoms with Crippen LogP contribution in [0.5, 0.6) is 0 Å². The number of nitrogens with zero attached hydrogens (tertiary/aromatic N) is 1. The van der Waals surface area contributed by atoms with Crippen LogP contribution in [0.25, 0.3) is 0 Å². The van der Waals surface area contributed by atoms with Crippen LogP contribution in [0.1, 0.15) is 24.6 Å². The van der Waals surface area contributed by atoms with Crippen molar-refractivity contribution < 1.29 is 0 Å². The van der Waals surface area contributed by atoms with Crippen molar-refractivity contribution >= 4 is 5.69 Å². The zero-order chi connectivity index (χ0) is 10.0. The summed E-state index contributed by atoms with van der Waals surface area (Å²) in [4.78, 5) is 11.6. The standard InChI is InChI=1S/C10H16N2O/c1-4-5-12-8(3)6-7(2)9(11)10(12)13/h6H,4-5,11H2,1-3H3. The van der Waals surface area contributed by atoms with Gasteiger partial charge in [0, 0.05) is 12.2 Å². The van der Waals surface area contributed by atoms with Crippen LogP contribution in [0, 0.1) is 13.8 Å². The molecule has 13 heavy (non-hydrogen) atoms. The van der Waals surface area contributed by atoms with Gasteiger partial charge in [0.1, 0.15) is 5.69 Å². The molecule has 2 N–H and O–H groups in total. The van der Waals surface area contributed by atoms with Gasteiger partial charge in [-0.15, -0.1) is 0 Å². The Morgan fingerprint density at radius 2 is 2.08 bits per heavy atom. The smallest absolute Gasteiger partial charge is 0.274 e. The average Bonchev–Trinajstić information content (AvgIpc) is 2.09. The van der Waals surface area contributed by atoms with Crippen LogP contribution in [0.2, 0.25) is 0 Å². The molecule has 0 fully saturated rings. The Morgan fingerprint density at radius 1 is 1.46 bits per heavy atom. The molecule has 0 radical (unpaired) electrons. The van der Waals surface area contributed by atoms with E-state index in [4.69, 9.17) is 5.73 Å². The largest absolute Gasteiger partial charge is 0.394 e. The monoisotopic (exact) mass is 180 g/mol. The van der Waals surface area contributed by atoms with Crippen molar-refractivity contribution in [3.05, 3.63) is 27.7 Å². The molecule has 72 valence electrons. The summed E-state index contributed by atoms with van der Waals surface area (Å²) in [7, 11) is 0. The molecular formula is C10H16N2O. The summed E-state index contributed by atoms with van der Waals surface area (Å²) in [6.07, 6.45) is 0.948. The molecule has 0 saturated carbocycles. The zero-order valence-corrected chi connectivity index (χ0v) is 8.42. The number of hydrogen-bond donors (Lipinski definition) is 1. The fraction of sp³-hybridized carbons (Fsp3) is 0.500. The van der Waals surface area contributed by atoms with Crippen molar-refractivity contribution in [3.8, 4) is 0 Å². The van der Waals surface area contributed by atoms with Crippen molar-refractivity contribution in [2.75, 3.05) is 5.73 Å². The number of hydrogen-bond acceptors (Lipinski definition) is 2. The first-order valence-electron chi connectivity index (χ1n) is 4.54. The summed E-state index contributed by atoms with van der Waals surface area (Å²) < 4.78 is 1.72. The molecule has 1 aromatic rings. The van der Waals surface area contributed by atoms with E-state index in [0.717, 1.165) is 24.2 Å². The van der Waals surface area contributed by atoms with E-state index in [2.05, 4.69) is 0 Å². The summed E-state index contributed by atoms with van der Waals surface area (Å²) in [5, 5.41) is 0. The normalized spacial score (nSPS) is 10.4. The first-order chi connectivity index (χ1) is 6.07. The predicted octanol–water partition coefficient (Wildman–Crippen LogP) is 1.46. The van der Waals surface area contributed by atoms with Crippen molar-refractivity contribution in [1.29, 1.82) is 0 Å². The van der Waals surface area contributed by atoms with Gasteiger partial charge < -0.3 is 10.3 Å². The van der Waals surface area contributed by atoms with Gasteiger partial charge in [-0.3, -0.25) is 4.79 Å². The highest BCUT2D eigenvalue weighted by Gasteiger charge is 2.05. The summed E-state index contributed by atoms with van der Waals surface area (Å²) in [6.45, 7) is 6.58. The maximum atomic E-state index is 11.6. The lowest BCUT2D eigenvalue weighted by Crippen LogP contribution is -2.25. The van der Waals surface area contributed by atoms with Gasteiger partial charge in [-0.05, 0) is 31.9 Å². The number of nitrogens with two attached hydrogens (primary N) is 1. The Balaban J connectivity index is 3.35. The number of nitrogen functional groups attached to an aromatic ring is 1. The molecule has 0 aromatic carbocycles. The van der Waals surface area contributed by atoms with Gasteiger partial charge in [0.05, 0.1) is 0 Å². The van der Waals surface area contributed by atoms with Gasteiger partial charge >= 0.3 is 0 Å². The molecule has 1 heterocycles. The average molecular weight is 180 g/mol. The van der Waals surface area contributed by atoms with Crippen LogP contribution in [0.4, 0.5) is 5.69 Å². The van der Waals surface area contributed by atoms with Gasteiger partial charge in [0.15, 0.2) is 0 Å². The van der Waals surface area contributed by atoms with E-state index >= 15 is 0 Å². The number of pyridine rings is 1. The second kappa shape index (κ2) is 3.64. The van der Waals surface area contributed by atoms with E-state index in [-0.39, 0.29) is 5.56 Å². The number of anilines is 1. The van der Waals surface area contributed by atoms with Crippen molar-refractivity contribution in [3.63, 3.8) is 0 Å². The molecule has 1 rings (SSSR count). The van der Waals surface area contributed by atoms with Crippen molar-refractivity contribution in [1.82, 2.24) is 4.57 Å². The van der Waals surface area contributed by atoms with Crippen LogP contribution in [-0.4, -0.2) is 4.57 Å². The fourth-order valence-corrected chi connectivity index (χ4v) is 1.44. The maximum absolute atomic E-state index is 11.6. The highest BCUT2D eigenvalue weighted by molar-refractivity contribution is 5.44. The predicted molar refractivity (Wildman–Crippen MR) is 54.9 cm³/mol. The lowest BCUT2D eigenvalue weighted by atomic mass is 10.2. The molecular weight excluding hydrogens is 164 g/mol. The van der Waals surface area contributed by atoms with Crippen LogP contribution < -0.4 is 11.3 Å². The molecule has 1 aromatic heterocycles. The highest BCUT2D eigenvalue weighted by atomic mass is 16.1. The van der Waals surface area contributed by atoms with Gasteiger partial charge in [0.25, 0.3) is 5.56 Å². The molecule has 0 aliphatic carbocycles. The molecule has 0 atom stereocenters. The van der Waals surface area contributed by atoms with Gasteiger partial charge in [-0.25, -0.2) is 0 Å². The van der Waals surface area contributed by atoms with E-state index in [1.807, 2.05) is 26.8 Å². The second-order valence-electron chi connectivity index (χ2n) is 3.34. The third-order valence-electron chi connectivity index (χ3n) is 2.20.